The summed E-state index contributed by atoms with van der Waals surface area (Å²) in [6, 6.07) is 14.2. The van der Waals surface area contributed by atoms with E-state index in [4.69, 9.17) is 4.74 Å². The highest BCUT2D eigenvalue weighted by molar-refractivity contribution is 5.39. The highest BCUT2D eigenvalue weighted by Gasteiger charge is 2.30. The summed E-state index contributed by atoms with van der Waals surface area (Å²) in [6.45, 7) is 4.07. The van der Waals surface area contributed by atoms with E-state index in [2.05, 4.69) is 18.2 Å². The zero-order valence-corrected chi connectivity index (χ0v) is 11.3. The summed E-state index contributed by atoms with van der Waals surface area (Å²) < 4.78 is 5.87. The lowest BCUT2D eigenvalue weighted by molar-refractivity contribution is 0.0487. The van der Waals surface area contributed by atoms with Gasteiger partial charge in [0.2, 0.25) is 0 Å². The molecule has 2 heteroatoms. The van der Waals surface area contributed by atoms with Crippen molar-refractivity contribution in [3.63, 3.8) is 0 Å². The summed E-state index contributed by atoms with van der Waals surface area (Å²) in [7, 11) is 0. The zero-order chi connectivity index (χ0) is 13.4. The third-order valence-electron chi connectivity index (χ3n) is 3.78. The molecule has 0 aromatic heterocycles. The Hall–Kier alpha value is -1.80. The lowest BCUT2D eigenvalue weighted by atomic mass is 9.95. The van der Waals surface area contributed by atoms with E-state index in [0.29, 0.717) is 0 Å². The molecule has 0 spiro atoms. The Kier molecular flexibility index (Phi) is 3.03. The topological polar surface area (TPSA) is 29.5 Å². The molecule has 3 rings (SSSR count). The van der Waals surface area contributed by atoms with E-state index in [1.54, 1.807) is 0 Å². The van der Waals surface area contributed by atoms with Crippen LogP contribution in [0.25, 0.3) is 0 Å². The lowest BCUT2D eigenvalue weighted by Gasteiger charge is -2.20. The van der Waals surface area contributed by atoms with Gasteiger partial charge >= 0.3 is 0 Å². The minimum absolute atomic E-state index is 0.183. The number of aliphatic hydroxyl groups is 1. The Balaban J connectivity index is 1.87. The van der Waals surface area contributed by atoms with Crippen LogP contribution in [0.15, 0.2) is 42.5 Å². The minimum atomic E-state index is -0.577. The van der Waals surface area contributed by atoms with E-state index in [0.717, 1.165) is 28.9 Å². The molecule has 0 saturated carbocycles. The van der Waals surface area contributed by atoms with E-state index in [9.17, 15) is 5.11 Å². The first kappa shape index (κ1) is 12.2. The molecule has 2 atom stereocenters. The van der Waals surface area contributed by atoms with Gasteiger partial charge in [0, 0.05) is 6.42 Å². The number of hydrogen-bond acceptors (Lipinski definition) is 2. The Labute approximate surface area is 113 Å². The van der Waals surface area contributed by atoms with Gasteiger partial charge < -0.3 is 9.84 Å². The molecule has 0 bridgehead atoms. The SMILES string of the molecule is Cc1ccc(C)c(C(O)C2Cc3ccccc3O2)c1. The van der Waals surface area contributed by atoms with Crippen LogP contribution in [-0.4, -0.2) is 11.2 Å². The number of aryl methyl sites for hydroxylation is 2. The Morgan fingerprint density at radius 1 is 1.16 bits per heavy atom. The molecule has 2 nitrogen and oxygen atoms in total. The van der Waals surface area contributed by atoms with Crippen LogP contribution in [-0.2, 0) is 6.42 Å². The van der Waals surface area contributed by atoms with E-state index in [-0.39, 0.29) is 6.10 Å². The Morgan fingerprint density at radius 2 is 1.95 bits per heavy atom. The molecular formula is C17H18O2. The van der Waals surface area contributed by atoms with Crippen LogP contribution in [0.1, 0.15) is 28.4 Å². The number of ether oxygens (including phenoxy) is 1. The molecule has 1 N–H and O–H groups in total. The average molecular weight is 254 g/mol. The van der Waals surface area contributed by atoms with Crippen molar-refractivity contribution in [1.82, 2.24) is 0 Å². The first-order chi connectivity index (χ1) is 9.15. The van der Waals surface area contributed by atoms with Gasteiger partial charge in [-0.05, 0) is 36.6 Å². The van der Waals surface area contributed by atoms with E-state index in [1.807, 2.05) is 38.1 Å². The number of para-hydroxylation sites is 1. The number of benzene rings is 2. The van der Waals surface area contributed by atoms with Crippen molar-refractivity contribution in [1.29, 1.82) is 0 Å². The lowest BCUT2D eigenvalue weighted by Crippen LogP contribution is -2.23. The third kappa shape index (κ3) is 2.24. The van der Waals surface area contributed by atoms with Gasteiger partial charge in [0.25, 0.3) is 0 Å². The maximum Gasteiger partial charge on any atom is 0.133 e. The summed E-state index contributed by atoms with van der Waals surface area (Å²) in [4.78, 5) is 0. The average Bonchev–Trinajstić information content (AvgIpc) is 2.84. The van der Waals surface area contributed by atoms with Crippen LogP contribution < -0.4 is 4.74 Å². The van der Waals surface area contributed by atoms with Crippen LogP contribution in [0, 0.1) is 13.8 Å². The van der Waals surface area contributed by atoms with Crippen molar-refractivity contribution < 1.29 is 9.84 Å². The first-order valence-corrected chi connectivity index (χ1v) is 6.65. The molecule has 0 fully saturated rings. The number of fused-ring (bicyclic) bond motifs is 1. The Morgan fingerprint density at radius 3 is 2.74 bits per heavy atom. The third-order valence-corrected chi connectivity index (χ3v) is 3.78. The van der Waals surface area contributed by atoms with Crippen LogP contribution in [0.5, 0.6) is 5.75 Å². The standard InChI is InChI=1S/C17H18O2/c1-11-7-8-12(2)14(9-11)17(18)16-10-13-5-3-4-6-15(13)19-16/h3-9,16-18H,10H2,1-2H3. The van der Waals surface area contributed by atoms with Crippen LogP contribution in [0.2, 0.25) is 0 Å². The highest BCUT2D eigenvalue weighted by atomic mass is 16.5. The largest absolute Gasteiger partial charge is 0.487 e. The molecule has 1 aliphatic heterocycles. The van der Waals surface area contributed by atoms with Gasteiger partial charge in [0.1, 0.15) is 18.0 Å². The summed E-state index contributed by atoms with van der Waals surface area (Å²) >= 11 is 0. The van der Waals surface area contributed by atoms with Crippen molar-refractivity contribution in [3.8, 4) is 5.75 Å². The molecule has 19 heavy (non-hydrogen) atoms. The predicted octanol–water partition coefficient (Wildman–Crippen LogP) is 3.34. The molecule has 2 aromatic carbocycles. The van der Waals surface area contributed by atoms with Crippen LogP contribution >= 0.6 is 0 Å². The van der Waals surface area contributed by atoms with Gasteiger partial charge in [-0.1, -0.05) is 42.0 Å². The van der Waals surface area contributed by atoms with Gasteiger partial charge in [0.15, 0.2) is 0 Å². The first-order valence-electron chi connectivity index (χ1n) is 6.65. The fraction of sp³-hybridized carbons (Fsp3) is 0.294. The quantitative estimate of drug-likeness (QED) is 0.890. The van der Waals surface area contributed by atoms with E-state index in [1.165, 1.54) is 5.56 Å². The molecule has 0 saturated heterocycles. The van der Waals surface area contributed by atoms with Gasteiger partial charge in [-0.2, -0.15) is 0 Å². The number of rotatable bonds is 2. The van der Waals surface area contributed by atoms with Crippen molar-refractivity contribution in [2.45, 2.75) is 32.5 Å². The normalized spacial score (nSPS) is 18.8. The smallest absolute Gasteiger partial charge is 0.133 e. The molecule has 0 radical (unpaired) electrons. The molecule has 0 amide bonds. The van der Waals surface area contributed by atoms with Crippen LogP contribution in [0.3, 0.4) is 0 Å². The second-order valence-corrected chi connectivity index (χ2v) is 5.27. The van der Waals surface area contributed by atoms with Crippen molar-refractivity contribution in [2.24, 2.45) is 0 Å². The van der Waals surface area contributed by atoms with Crippen LogP contribution in [0.4, 0.5) is 0 Å². The molecule has 1 aliphatic rings. The van der Waals surface area contributed by atoms with E-state index >= 15 is 0 Å². The molecule has 2 aromatic rings. The van der Waals surface area contributed by atoms with Crippen molar-refractivity contribution in [2.75, 3.05) is 0 Å². The fourth-order valence-corrected chi connectivity index (χ4v) is 2.66. The number of hydrogen-bond donors (Lipinski definition) is 1. The predicted molar refractivity (Wildman–Crippen MR) is 75.4 cm³/mol. The zero-order valence-electron chi connectivity index (χ0n) is 11.3. The Bertz CT molecular complexity index is 579. The van der Waals surface area contributed by atoms with Gasteiger partial charge in [-0.3, -0.25) is 0 Å². The summed E-state index contributed by atoms with van der Waals surface area (Å²) in [5.41, 5.74) is 4.42. The molecule has 0 aliphatic carbocycles. The monoisotopic (exact) mass is 254 g/mol. The van der Waals surface area contributed by atoms with Gasteiger partial charge in [-0.25, -0.2) is 0 Å². The second kappa shape index (κ2) is 4.71. The maximum absolute atomic E-state index is 10.6. The fourth-order valence-electron chi connectivity index (χ4n) is 2.66. The van der Waals surface area contributed by atoms with Gasteiger partial charge in [-0.15, -0.1) is 0 Å². The molecule has 1 heterocycles. The van der Waals surface area contributed by atoms with Crippen molar-refractivity contribution in [3.05, 3.63) is 64.7 Å². The summed E-state index contributed by atoms with van der Waals surface area (Å²) in [6.07, 6.45) is 0.00950. The maximum atomic E-state index is 10.6. The highest BCUT2D eigenvalue weighted by Crippen LogP contribution is 2.34. The summed E-state index contributed by atoms with van der Waals surface area (Å²) in [5, 5.41) is 10.6. The minimum Gasteiger partial charge on any atom is -0.487 e. The summed E-state index contributed by atoms with van der Waals surface area (Å²) in [5.74, 6) is 0.900. The molecule has 98 valence electrons. The van der Waals surface area contributed by atoms with E-state index < -0.39 is 6.10 Å². The molecular weight excluding hydrogens is 236 g/mol. The molecule has 2 unspecified atom stereocenters. The van der Waals surface area contributed by atoms with Crippen molar-refractivity contribution >= 4 is 0 Å². The second-order valence-electron chi connectivity index (χ2n) is 5.27. The van der Waals surface area contributed by atoms with Gasteiger partial charge in [0.05, 0.1) is 0 Å². The number of aliphatic hydroxyl groups excluding tert-OH is 1.